The van der Waals surface area contributed by atoms with E-state index >= 15 is 0 Å². The van der Waals surface area contributed by atoms with Crippen molar-refractivity contribution in [3.8, 4) is 6.07 Å². The first-order valence-corrected chi connectivity index (χ1v) is 6.26. The Bertz CT molecular complexity index is 354. The van der Waals surface area contributed by atoms with Gasteiger partial charge in [0.15, 0.2) is 5.54 Å². The van der Waals surface area contributed by atoms with Gasteiger partial charge in [0.25, 0.3) is 5.91 Å². The second kappa shape index (κ2) is 5.39. The van der Waals surface area contributed by atoms with Gasteiger partial charge in [-0.1, -0.05) is 27.7 Å². The van der Waals surface area contributed by atoms with Crippen molar-refractivity contribution in [1.82, 2.24) is 0 Å². The Morgan fingerprint density at radius 2 is 1.94 bits per heavy atom. The van der Waals surface area contributed by atoms with Crippen molar-refractivity contribution in [3.05, 3.63) is 0 Å². The van der Waals surface area contributed by atoms with E-state index in [0.29, 0.717) is 24.7 Å². The van der Waals surface area contributed by atoms with Crippen LogP contribution in [0.15, 0.2) is 10.2 Å². The number of amides is 1. The molecule has 94 valence electrons. The van der Waals surface area contributed by atoms with Gasteiger partial charge in [-0.2, -0.15) is 10.4 Å². The monoisotopic (exact) mass is 235 g/mol. The van der Waals surface area contributed by atoms with Crippen LogP contribution in [-0.4, -0.2) is 11.4 Å². The molecule has 0 bridgehead atoms. The molecule has 0 saturated carbocycles. The predicted molar refractivity (Wildman–Crippen MR) is 65.2 cm³/mol. The molecule has 0 N–H and O–H groups in total. The number of carbonyl (C=O) groups excluding carboxylic acids is 1. The van der Waals surface area contributed by atoms with Gasteiger partial charge in [0.05, 0.1) is 6.07 Å². The molecule has 1 amide bonds. The van der Waals surface area contributed by atoms with Gasteiger partial charge < -0.3 is 0 Å². The summed E-state index contributed by atoms with van der Waals surface area (Å²) >= 11 is 0. The van der Waals surface area contributed by atoms with Gasteiger partial charge in [0.1, 0.15) is 0 Å². The van der Waals surface area contributed by atoms with E-state index in [1.165, 1.54) is 0 Å². The lowest BCUT2D eigenvalue weighted by molar-refractivity contribution is -0.131. The Morgan fingerprint density at radius 1 is 1.29 bits per heavy atom. The van der Waals surface area contributed by atoms with Crippen molar-refractivity contribution in [3.63, 3.8) is 0 Å². The van der Waals surface area contributed by atoms with E-state index in [2.05, 4.69) is 44.0 Å². The second-order valence-corrected chi connectivity index (χ2v) is 5.72. The van der Waals surface area contributed by atoms with Crippen molar-refractivity contribution >= 4 is 5.91 Å². The number of nitrogens with zero attached hydrogens (tertiary/aromatic N) is 3. The fourth-order valence-corrected chi connectivity index (χ4v) is 2.52. The van der Waals surface area contributed by atoms with Gasteiger partial charge in [-0.05, 0) is 24.7 Å². The molecule has 0 aromatic carbocycles. The predicted octanol–water partition coefficient (Wildman–Crippen LogP) is 3.34. The van der Waals surface area contributed by atoms with Crippen LogP contribution in [0.2, 0.25) is 0 Å². The fourth-order valence-electron chi connectivity index (χ4n) is 2.52. The summed E-state index contributed by atoms with van der Waals surface area (Å²) in [6, 6.07) is 2.19. The van der Waals surface area contributed by atoms with Crippen LogP contribution in [0.4, 0.5) is 0 Å². The highest BCUT2D eigenvalue weighted by Gasteiger charge is 2.51. The van der Waals surface area contributed by atoms with E-state index in [4.69, 9.17) is 5.26 Å². The maximum atomic E-state index is 11.8. The van der Waals surface area contributed by atoms with Crippen LogP contribution < -0.4 is 0 Å². The maximum Gasteiger partial charge on any atom is 0.293 e. The third-order valence-electron chi connectivity index (χ3n) is 3.18. The van der Waals surface area contributed by atoms with Gasteiger partial charge in [-0.15, -0.1) is 5.11 Å². The molecule has 17 heavy (non-hydrogen) atoms. The smallest absolute Gasteiger partial charge is 0.268 e. The Hall–Kier alpha value is -1.24. The number of rotatable bonds is 6. The van der Waals surface area contributed by atoms with E-state index in [-0.39, 0.29) is 11.8 Å². The average Bonchev–Trinajstić information content (AvgIpc) is 2.22. The van der Waals surface area contributed by atoms with Crippen molar-refractivity contribution in [2.24, 2.45) is 28.0 Å². The summed E-state index contributed by atoms with van der Waals surface area (Å²) in [5.74, 6) is 0.722. The second-order valence-electron chi connectivity index (χ2n) is 5.72. The molecule has 1 rings (SSSR count). The number of hydrogen-bond donors (Lipinski definition) is 0. The van der Waals surface area contributed by atoms with Crippen LogP contribution >= 0.6 is 0 Å². The highest BCUT2D eigenvalue weighted by Crippen LogP contribution is 2.41. The van der Waals surface area contributed by atoms with E-state index < -0.39 is 5.54 Å². The van der Waals surface area contributed by atoms with E-state index in [9.17, 15) is 4.79 Å². The quantitative estimate of drug-likeness (QED) is 0.708. The van der Waals surface area contributed by atoms with Crippen LogP contribution in [0.25, 0.3) is 0 Å². The molecule has 4 nitrogen and oxygen atoms in total. The molecule has 0 spiro atoms. The van der Waals surface area contributed by atoms with Gasteiger partial charge in [-0.25, -0.2) is 0 Å². The third kappa shape index (κ3) is 2.91. The first-order chi connectivity index (χ1) is 7.92. The van der Waals surface area contributed by atoms with Crippen molar-refractivity contribution < 1.29 is 4.79 Å². The lowest BCUT2D eigenvalue weighted by Gasteiger charge is -2.38. The standard InChI is InChI=1S/C13H21N3O/c1-9(2)7-11(5-6-14)13(8-10(3)4)12(17)15-16-13/h9-11H,5,7-8H2,1-4H3. The molecule has 0 aromatic rings. The first-order valence-electron chi connectivity index (χ1n) is 6.26. The Morgan fingerprint density at radius 3 is 2.24 bits per heavy atom. The summed E-state index contributed by atoms with van der Waals surface area (Å²) < 4.78 is 0. The molecule has 1 heterocycles. The first kappa shape index (κ1) is 13.8. The zero-order valence-electron chi connectivity index (χ0n) is 11.1. The average molecular weight is 235 g/mol. The van der Waals surface area contributed by atoms with E-state index in [1.54, 1.807) is 0 Å². The Labute approximate surface area is 103 Å². The molecule has 0 radical (unpaired) electrons. The Balaban J connectivity index is 2.91. The molecule has 0 saturated heterocycles. The lowest BCUT2D eigenvalue weighted by atomic mass is 9.72. The van der Waals surface area contributed by atoms with Gasteiger partial charge in [0.2, 0.25) is 0 Å². The SMILES string of the molecule is CC(C)CC(CC#N)C1(CC(C)C)N=NC1=O. The summed E-state index contributed by atoms with van der Waals surface area (Å²) in [5, 5.41) is 16.6. The lowest BCUT2D eigenvalue weighted by Crippen LogP contribution is -2.49. The molecule has 1 aliphatic rings. The highest BCUT2D eigenvalue weighted by molar-refractivity contribution is 5.91. The van der Waals surface area contributed by atoms with Gasteiger partial charge in [-0.3, -0.25) is 4.79 Å². The molecule has 1 aliphatic heterocycles. The summed E-state index contributed by atoms with van der Waals surface area (Å²) in [5.41, 5.74) is -0.700. The number of hydrogen-bond acceptors (Lipinski definition) is 3. The van der Waals surface area contributed by atoms with Crippen LogP contribution in [0.3, 0.4) is 0 Å². The molecule has 0 aromatic heterocycles. The Kier molecular flexibility index (Phi) is 4.39. The summed E-state index contributed by atoms with van der Waals surface area (Å²) in [6.45, 7) is 8.35. The normalized spacial score (nSPS) is 24.9. The number of nitriles is 1. The van der Waals surface area contributed by atoms with Crippen LogP contribution in [0, 0.1) is 29.1 Å². The summed E-state index contributed by atoms with van der Waals surface area (Å²) in [4.78, 5) is 11.8. The molecule has 0 fully saturated rings. The van der Waals surface area contributed by atoms with Gasteiger partial charge in [0, 0.05) is 12.3 Å². The molecule has 4 heteroatoms. The van der Waals surface area contributed by atoms with Gasteiger partial charge >= 0.3 is 0 Å². The molecule has 2 atom stereocenters. The van der Waals surface area contributed by atoms with Crippen molar-refractivity contribution in [2.75, 3.05) is 0 Å². The fraction of sp³-hybridized carbons (Fsp3) is 0.846. The minimum Gasteiger partial charge on any atom is -0.268 e. The van der Waals surface area contributed by atoms with Crippen LogP contribution in [0.1, 0.15) is 47.0 Å². The van der Waals surface area contributed by atoms with E-state index in [0.717, 1.165) is 6.42 Å². The van der Waals surface area contributed by atoms with Crippen LogP contribution in [-0.2, 0) is 4.79 Å². The summed E-state index contributed by atoms with van der Waals surface area (Å²) in [7, 11) is 0. The maximum absolute atomic E-state index is 11.8. The minimum atomic E-state index is -0.700. The third-order valence-corrected chi connectivity index (χ3v) is 3.18. The molecular formula is C13H21N3O. The van der Waals surface area contributed by atoms with Crippen molar-refractivity contribution in [2.45, 2.75) is 52.5 Å². The molecule has 2 unspecified atom stereocenters. The van der Waals surface area contributed by atoms with Crippen molar-refractivity contribution in [1.29, 1.82) is 5.26 Å². The minimum absolute atomic E-state index is 0.0138. The topological polar surface area (TPSA) is 65.6 Å². The zero-order valence-corrected chi connectivity index (χ0v) is 11.1. The largest absolute Gasteiger partial charge is 0.293 e. The highest BCUT2D eigenvalue weighted by atomic mass is 16.2. The molecule has 0 aliphatic carbocycles. The van der Waals surface area contributed by atoms with E-state index in [1.807, 2.05) is 0 Å². The number of carbonyl (C=O) groups is 1. The number of azo groups is 1. The summed E-state index contributed by atoms with van der Waals surface area (Å²) in [6.07, 6.45) is 1.94. The van der Waals surface area contributed by atoms with Crippen LogP contribution in [0.5, 0.6) is 0 Å². The zero-order chi connectivity index (χ0) is 13.1. The molecular weight excluding hydrogens is 214 g/mol.